The third-order valence-electron chi connectivity index (χ3n) is 1.81. The number of aromatic nitrogens is 1. The third-order valence-corrected chi connectivity index (χ3v) is 1.81. The molecular formula is C9H15N3O. The molecule has 0 fully saturated rings. The molecule has 0 saturated heterocycles. The highest BCUT2D eigenvalue weighted by Crippen LogP contribution is 2.13. The highest BCUT2D eigenvalue weighted by Gasteiger charge is 2.03. The van der Waals surface area contributed by atoms with E-state index >= 15 is 0 Å². The van der Waals surface area contributed by atoms with Crippen LogP contribution >= 0.6 is 0 Å². The van der Waals surface area contributed by atoms with Gasteiger partial charge in [0.1, 0.15) is 0 Å². The Bertz CT molecular complexity index is 265. The van der Waals surface area contributed by atoms with Crippen LogP contribution in [0.5, 0.6) is 0 Å². The molecule has 4 N–H and O–H groups in total. The standard InChI is InChI=1S/C9H15N3O/c1-7(6-13)12-9-5-11-3-2-8(9)4-10/h2-3,5,7,12-13H,4,6,10H2,1H3. The maximum atomic E-state index is 8.85. The summed E-state index contributed by atoms with van der Waals surface area (Å²) in [6, 6.07) is 1.89. The molecule has 0 aromatic carbocycles. The zero-order valence-corrected chi connectivity index (χ0v) is 7.70. The topological polar surface area (TPSA) is 71.2 Å². The first-order chi connectivity index (χ1) is 6.27. The Labute approximate surface area is 77.8 Å². The van der Waals surface area contributed by atoms with Crippen LogP contribution < -0.4 is 11.1 Å². The van der Waals surface area contributed by atoms with Gasteiger partial charge in [-0.15, -0.1) is 0 Å². The molecule has 72 valence electrons. The normalized spacial score (nSPS) is 12.5. The molecule has 1 rings (SSSR count). The van der Waals surface area contributed by atoms with E-state index in [0.717, 1.165) is 11.3 Å². The smallest absolute Gasteiger partial charge is 0.0630 e. The van der Waals surface area contributed by atoms with Crippen molar-refractivity contribution in [3.63, 3.8) is 0 Å². The second-order valence-corrected chi connectivity index (χ2v) is 2.96. The van der Waals surface area contributed by atoms with Crippen LogP contribution in [0.2, 0.25) is 0 Å². The predicted octanol–water partition coefficient (Wildman–Crippen LogP) is 0.333. The van der Waals surface area contributed by atoms with Gasteiger partial charge in [0.25, 0.3) is 0 Å². The van der Waals surface area contributed by atoms with Crippen molar-refractivity contribution in [1.29, 1.82) is 0 Å². The summed E-state index contributed by atoms with van der Waals surface area (Å²) >= 11 is 0. The third kappa shape index (κ3) is 2.68. The lowest BCUT2D eigenvalue weighted by atomic mass is 10.2. The van der Waals surface area contributed by atoms with Gasteiger partial charge in [-0.05, 0) is 18.6 Å². The molecule has 1 aromatic heterocycles. The van der Waals surface area contributed by atoms with E-state index in [-0.39, 0.29) is 12.6 Å². The Kier molecular flexibility index (Phi) is 3.67. The van der Waals surface area contributed by atoms with Gasteiger partial charge >= 0.3 is 0 Å². The number of aliphatic hydroxyl groups excluding tert-OH is 1. The second-order valence-electron chi connectivity index (χ2n) is 2.96. The number of nitrogens with two attached hydrogens (primary N) is 1. The summed E-state index contributed by atoms with van der Waals surface area (Å²) in [6.45, 7) is 2.47. The van der Waals surface area contributed by atoms with E-state index in [0.29, 0.717) is 6.54 Å². The summed E-state index contributed by atoms with van der Waals surface area (Å²) in [5.41, 5.74) is 7.44. The summed E-state index contributed by atoms with van der Waals surface area (Å²) < 4.78 is 0. The molecular weight excluding hydrogens is 166 g/mol. The predicted molar refractivity (Wildman–Crippen MR) is 52.3 cm³/mol. The van der Waals surface area contributed by atoms with Crippen molar-refractivity contribution in [2.24, 2.45) is 5.73 Å². The van der Waals surface area contributed by atoms with Crippen molar-refractivity contribution >= 4 is 5.69 Å². The second kappa shape index (κ2) is 4.79. The molecule has 0 spiro atoms. The van der Waals surface area contributed by atoms with E-state index in [2.05, 4.69) is 10.3 Å². The highest BCUT2D eigenvalue weighted by atomic mass is 16.3. The van der Waals surface area contributed by atoms with Gasteiger partial charge in [0.05, 0.1) is 18.5 Å². The molecule has 13 heavy (non-hydrogen) atoms. The molecule has 0 amide bonds. The lowest BCUT2D eigenvalue weighted by molar-refractivity contribution is 0.281. The van der Waals surface area contributed by atoms with Crippen LogP contribution in [-0.4, -0.2) is 22.7 Å². The van der Waals surface area contributed by atoms with Gasteiger partial charge in [-0.1, -0.05) is 0 Å². The number of nitrogens with zero attached hydrogens (tertiary/aromatic N) is 1. The number of aliphatic hydroxyl groups is 1. The van der Waals surface area contributed by atoms with Gasteiger partial charge in [-0.25, -0.2) is 0 Å². The maximum Gasteiger partial charge on any atom is 0.0630 e. The van der Waals surface area contributed by atoms with Crippen molar-refractivity contribution in [1.82, 2.24) is 4.98 Å². The summed E-state index contributed by atoms with van der Waals surface area (Å²) in [5, 5.41) is 12.0. The Balaban J connectivity index is 2.74. The monoisotopic (exact) mass is 181 g/mol. The number of hydrogen-bond acceptors (Lipinski definition) is 4. The molecule has 0 saturated carbocycles. The summed E-state index contributed by atoms with van der Waals surface area (Å²) in [6.07, 6.45) is 3.42. The van der Waals surface area contributed by atoms with Gasteiger partial charge in [-0.3, -0.25) is 4.98 Å². The first kappa shape index (κ1) is 9.95. The van der Waals surface area contributed by atoms with Crippen LogP contribution in [0.3, 0.4) is 0 Å². The van der Waals surface area contributed by atoms with Crippen molar-refractivity contribution in [2.75, 3.05) is 11.9 Å². The number of hydrogen-bond donors (Lipinski definition) is 3. The molecule has 0 aliphatic carbocycles. The van der Waals surface area contributed by atoms with Crippen LogP contribution in [-0.2, 0) is 6.54 Å². The molecule has 1 aromatic rings. The van der Waals surface area contributed by atoms with Crippen LogP contribution in [0.25, 0.3) is 0 Å². The largest absolute Gasteiger partial charge is 0.394 e. The lowest BCUT2D eigenvalue weighted by Gasteiger charge is -2.14. The van der Waals surface area contributed by atoms with Crippen molar-refractivity contribution in [2.45, 2.75) is 19.5 Å². The molecule has 0 aliphatic rings. The van der Waals surface area contributed by atoms with Crippen LogP contribution in [0.15, 0.2) is 18.5 Å². The minimum atomic E-state index is 0.0227. The zero-order chi connectivity index (χ0) is 9.68. The molecule has 0 radical (unpaired) electrons. The first-order valence-electron chi connectivity index (χ1n) is 4.28. The molecule has 1 atom stereocenters. The first-order valence-corrected chi connectivity index (χ1v) is 4.28. The fourth-order valence-corrected chi connectivity index (χ4v) is 1.04. The van der Waals surface area contributed by atoms with Crippen LogP contribution in [0, 0.1) is 0 Å². The molecule has 1 unspecified atom stereocenters. The van der Waals surface area contributed by atoms with Crippen molar-refractivity contribution < 1.29 is 5.11 Å². The van der Waals surface area contributed by atoms with E-state index in [1.807, 2.05) is 13.0 Å². The number of rotatable bonds is 4. The van der Waals surface area contributed by atoms with Gasteiger partial charge in [0.15, 0.2) is 0 Å². The Morgan fingerprint density at radius 2 is 2.46 bits per heavy atom. The maximum absolute atomic E-state index is 8.85. The number of nitrogens with one attached hydrogen (secondary N) is 1. The quantitative estimate of drug-likeness (QED) is 0.626. The fourth-order valence-electron chi connectivity index (χ4n) is 1.04. The van der Waals surface area contributed by atoms with E-state index in [1.54, 1.807) is 12.4 Å². The number of pyridine rings is 1. The Hall–Kier alpha value is -1.13. The Morgan fingerprint density at radius 1 is 1.69 bits per heavy atom. The van der Waals surface area contributed by atoms with E-state index in [9.17, 15) is 0 Å². The average molecular weight is 181 g/mol. The Morgan fingerprint density at radius 3 is 3.08 bits per heavy atom. The fraction of sp³-hybridized carbons (Fsp3) is 0.444. The molecule has 1 heterocycles. The number of anilines is 1. The summed E-state index contributed by atoms with van der Waals surface area (Å²) in [5.74, 6) is 0. The molecule has 4 heteroatoms. The van der Waals surface area contributed by atoms with Gasteiger partial charge in [0, 0.05) is 18.8 Å². The van der Waals surface area contributed by atoms with Gasteiger partial charge in [0.2, 0.25) is 0 Å². The van der Waals surface area contributed by atoms with Gasteiger partial charge < -0.3 is 16.2 Å². The van der Waals surface area contributed by atoms with E-state index < -0.39 is 0 Å². The summed E-state index contributed by atoms with van der Waals surface area (Å²) in [7, 11) is 0. The van der Waals surface area contributed by atoms with Gasteiger partial charge in [-0.2, -0.15) is 0 Å². The minimum Gasteiger partial charge on any atom is -0.394 e. The highest BCUT2D eigenvalue weighted by molar-refractivity contribution is 5.49. The summed E-state index contributed by atoms with van der Waals surface area (Å²) in [4.78, 5) is 3.98. The molecule has 4 nitrogen and oxygen atoms in total. The SMILES string of the molecule is CC(CO)Nc1cnccc1CN. The van der Waals surface area contributed by atoms with Crippen molar-refractivity contribution in [3.8, 4) is 0 Å². The van der Waals surface area contributed by atoms with E-state index in [1.165, 1.54) is 0 Å². The van der Waals surface area contributed by atoms with Crippen LogP contribution in [0.4, 0.5) is 5.69 Å². The zero-order valence-electron chi connectivity index (χ0n) is 7.70. The molecule has 0 aliphatic heterocycles. The minimum absolute atomic E-state index is 0.0227. The average Bonchev–Trinajstić information content (AvgIpc) is 2.18. The van der Waals surface area contributed by atoms with E-state index in [4.69, 9.17) is 10.8 Å². The van der Waals surface area contributed by atoms with Crippen LogP contribution in [0.1, 0.15) is 12.5 Å². The molecule has 0 bridgehead atoms. The van der Waals surface area contributed by atoms with Crippen molar-refractivity contribution in [3.05, 3.63) is 24.0 Å². The lowest BCUT2D eigenvalue weighted by Crippen LogP contribution is -2.20.